The van der Waals surface area contributed by atoms with E-state index in [9.17, 15) is 8.42 Å². The lowest BCUT2D eigenvalue weighted by molar-refractivity contribution is 0.400. The highest BCUT2D eigenvalue weighted by atomic mass is 32.2. The predicted octanol–water partition coefficient (Wildman–Crippen LogP) is 5.93. The number of aryl methyl sites for hydroxylation is 3. The van der Waals surface area contributed by atoms with Crippen molar-refractivity contribution >= 4 is 32.5 Å². The Labute approximate surface area is 244 Å². The Morgan fingerprint density at radius 3 is 2.49 bits per heavy atom. The molecule has 9 nitrogen and oxygen atoms in total. The summed E-state index contributed by atoms with van der Waals surface area (Å²) >= 11 is 1.17. The second kappa shape index (κ2) is 11.0. The molecule has 0 bridgehead atoms. The monoisotopic (exact) mass is 590 g/mol. The zero-order chi connectivity index (χ0) is 29.5. The molecule has 5 aromatic rings. The fraction of sp³-hybridized carbons (Fsp3) is 0.333. The van der Waals surface area contributed by atoms with Crippen molar-refractivity contribution in [2.75, 3.05) is 7.11 Å². The van der Waals surface area contributed by atoms with Crippen LogP contribution in [0.15, 0.2) is 53.0 Å². The van der Waals surface area contributed by atoms with Crippen molar-refractivity contribution in [1.29, 1.82) is 0 Å². The second-order valence-electron chi connectivity index (χ2n) is 11.0. The average Bonchev–Trinajstić information content (AvgIpc) is 3.51. The molecule has 0 atom stereocenters. The maximum absolute atomic E-state index is 13.6. The number of aromatic nitrogens is 5. The molecule has 0 unspecified atom stereocenters. The number of methoxy groups -OCH3 is 1. The van der Waals surface area contributed by atoms with Crippen LogP contribution in [0.3, 0.4) is 0 Å². The Bertz CT molecular complexity index is 1830. The molecule has 0 fully saturated rings. The van der Waals surface area contributed by atoms with Crippen LogP contribution in [0.4, 0.5) is 0 Å². The highest BCUT2D eigenvalue weighted by molar-refractivity contribution is 7.91. The van der Waals surface area contributed by atoms with Gasteiger partial charge in [-0.05, 0) is 76.1 Å². The maximum Gasteiger partial charge on any atom is 0.251 e. The number of pyridine rings is 3. The summed E-state index contributed by atoms with van der Waals surface area (Å²) in [6.45, 7) is 12.1. The van der Waals surface area contributed by atoms with Crippen molar-refractivity contribution in [1.82, 2.24) is 29.2 Å². The number of ether oxygens (including phenoxy) is 1. The van der Waals surface area contributed by atoms with E-state index in [1.54, 1.807) is 25.6 Å². The Balaban J connectivity index is 1.57. The minimum absolute atomic E-state index is 0.192. The molecular formula is C30H34N6O3S2. The highest BCUT2D eigenvalue weighted by Gasteiger charge is 2.29. The van der Waals surface area contributed by atoms with E-state index in [2.05, 4.69) is 28.1 Å². The van der Waals surface area contributed by atoms with Crippen molar-refractivity contribution < 1.29 is 13.2 Å². The van der Waals surface area contributed by atoms with E-state index >= 15 is 0 Å². The molecular weight excluding hydrogens is 557 g/mol. The molecule has 0 radical (unpaired) electrons. The number of rotatable bonds is 8. The summed E-state index contributed by atoms with van der Waals surface area (Å²) in [5.41, 5.74) is 5.93. The van der Waals surface area contributed by atoms with Gasteiger partial charge in [0.05, 0.1) is 24.9 Å². The second-order valence-corrected chi connectivity index (χ2v) is 13.9. The molecule has 1 N–H and O–H groups in total. The van der Waals surface area contributed by atoms with Crippen LogP contribution in [0.25, 0.3) is 32.9 Å². The molecule has 41 heavy (non-hydrogen) atoms. The van der Waals surface area contributed by atoms with Crippen LogP contribution in [-0.4, -0.2) is 45.6 Å². The van der Waals surface area contributed by atoms with E-state index in [-0.39, 0.29) is 4.21 Å². The average molecular weight is 591 g/mol. The van der Waals surface area contributed by atoms with Crippen LogP contribution in [-0.2, 0) is 23.0 Å². The van der Waals surface area contributed by atoms with Crippen molar-refractivity contribution in [3.8, 4) is 27.6 Å². The Morgan fingerprint density at radius 1 is 1.05 bits per heavy atom. The first-order valence-electron chi connectivity index (χ1n) is 13.4. The standard InChI is InChI=1S/C30H34N6O3S2/c1-8-25-34-26-18(2)14-19(3)33-27(26)36(25)17-20-11-12-23(32-16-20)22-15-24(21-10-9-13-31-28(21)39-7)40-29(22)41(37,38)35-30(4,5)6/h9-16,35H,8,17H2,1-7H3. The molecule has 0 saturated heterocycles. The molecule has 0 spiro atoms. The quantitative estimate of drug-likeness (QED) is 0.238. The molecule has 0 aromatic carbocycles. The summed E-state index contributed by atoms with van der Waals surface area (Å²) < 4.78 is 37.7. The molecule has 11 heteroatoms. The summed E-state index contributed by atoms with van der Waals surface area (Å²) in [6, 6.07) is 11.4. The lowest BCUT2D eigenvalue weighted by Gasteiger charge is -2.20. The van der Waals surface area contributed by atoms with Crippen molar-refractivity contribution in [2.24, 2.45) is 0 Å². The number of hydrogen-bond donors (Lipinski definition) is 1. The smallest absolute Gasteiger partial charge is 0.251 e. The fourth-order valence-corrected chi connectivity index (χ4v) is 7.92. The number of hydrogen-bond acceptors (Lipinski definition) is 8. The van der Waals surface area contributed by atoms with Crippen molar-refractivity contribution in [3.05, 3.63) is 71.4 Å². The zero-order valence-corrected chi connectivity index (χ0v) is 25.9. The molecule has 0 amide bonds. The van der Waals surface area contributed by atoms with Gasteiger partial charge < -0.3 is 9.30 Å². The van der Waals surface area contributed by atoms with Crippen molar-refractivity contribution in [3.63, 3.8) is 0 Å². The third-order valence-corrected chi connectivity index (χ3v) is 9.93. The van der Waals surface area contributed by atoms with Gasteiger partial charge in [0.15, 0.2) is 5.65 Å². The molecule has 5 rings (SSSR count). The van der Waals surface area contributed by atoms with Crippen LogP contribution in [0.5, 0.6) is 5.88 Å². The Hall–Kier alpha value is -3.67. The summed E-state index contributed by atoms with van der Waals surface area (Å²) in [6.07, 6.45) is 4.21. The normalized spacial score (nSPS) is 12.3. The van der Waals surface area contributed by atoms with Gasteiger partial charge in [0.25, 0.3) is 10.0 Å². The molecule has 5 heterocycles. The van der Waals surface area contributed by atoms with Gasteiger partial charge in [0.2, 0.25) is 5.88 Å². The molecule has 214 valence electrons. The first-order valence-corrected chi connectivity index (χ1v) is 15.7. The van der Waals surface area contributed by atoms with Gasteiger partial charge >= 0.3 is 0 Å². The van der Waals surface area contributed by atoms with Crippen LogP contribution in [0.1, 0.15) is 50.3 Å². The largest absolute Gasteiger partial charge is 0.481 e. The number of nitrogens with one attached hydrogen (secondary N) is 1. The van der Waals surface area contributed by atoms with E-state index in [1.165, 1.54) is 11.3 Å². The van der Waals surface area contributed by atoms with Gasteiger partial charge in [-0.15, -0.1) is 11.3 Å². The summed E-state index contributed by atoms with van der Waals surface area (Å²) in [4.78, 5) is 19.4. The van der Waals surface area contributed by atoms with E-state index in [4.69, 9.17) is 19.7 Å². The van der Waals surface area contributed by atoms with Gasteiger partial charge in [-0.25, -0.2) is 28.1 Å². The van der Waals surface area contributed by atoms with Gasteiger partial charge in [0.1, 0.15) is 15.6 Å². The number of nitrogens with zero attached hydrogens (tertiary/aromatic N) is 5. The zero-order valence-electron chi connectivity index (χ0n) is 24.3. The lowest BCUT2D eigenvalue weighted by Crippen LogP contribution is -2.40. The van der Waals surface area contributed by atoms with Gasteiger partial charge in [-0.1, -0.05) is 13.0 Å². The first kappa shape index (κ1) is 28.8. The molecule has 0 aliphatic carbocycles. The summed E-state index contributed by atoms with van der Waals surface area (Å²) in [5.74, 6) is 1.38. The maximum atomic E-state index is 13.6. The topological polar surface area (TPSA) is 112 Å². The van der Waals surface area contributed by atoms with Crippen LogP contribution >= 0.6 is 11.3 Å². The third-order valence-electron chi connectivity index (χ3n) is 6.47. The minimum Gasteiger partial charge on any atom is -0.481 e. The Kier molecular flexibility index (Phi) is 7.71. The number of thiophene rings is 1. The van der Waals surface area contributed by atoms with Crippen LogP contribution < -0.4 is 9.46 Å². The summed E-state index contributed by atoms with van der Waals surface area (Å²) in [7, 11) is -2.30. The Morgan fingerprint density at radius 2 is 1.83 bits per heavy atom. The van der Waals surface area contributed by atoms with E-state index in [0.717, 1.165) is 45.1 Å². The lowest BCUT2D eigenvalue weighted by atomic mass is 10.1. The van der Waals surface area contributed by atoms with Gasteiger partial charge in [-0.2, -0.15) is 0 Å². The summed E-state index contributed by atoms with van der Waals surface area (Å²) in [5, 5.41) is 0. The molecule has 0 aliphatic heterocycles. The molecule has 0 saturated carbocycles. The number of fused-ring (bicyclic) bond motifs is 1. The SMILES string of the molecule is CCc1nc2c(C)cc(C)nc2n1Cc1ccc(-c2cc(-c3cccnc3OC)sc2S(=O)(=O)NC(C)(C)C)nc1. The van der Waals surface area contributed by atoms with E-state index in [0.29, 0.717) is 29.2 Å². The third kappa shape index (κ3) is 5.88. The first-order chi connectivity index (χ1) is 19.4. The molecule has 0 aliphatic rings. The van der Waals surface area contributed by atoms with E-state index in [1.807, 2.05) is 58.0 Å². The number of imidazole rings is 1. The minimum atomic E-state index is -3.85. The van der Waals surface area contributed by atoms with Gasteiger partial charge in [-0.3, -0.25) is 4.98 Å². The molecule has 5 aromatic heterocycles. The van der Waals surface area contributed by atoms with Crippen molar-refractivity contribution in [2.45, 2.75) is 64.3 Å². The highest BCUT2D eigenvalue weighted by Crippen LogP contribution is 2.42. The number of sulfonamides is 1. The predicted molar refractivity (Wildman–Crippen MR) is 163 cm³/mol. The van der Waals surface area contributed by atoms with Gasteiger partial charge in [0, 0.05) is 40.5 Å². The van der Waals surface area contributed by atoms with Crippen LogP contribution in [0.2, 0.25) is 0 Å². The fourth-order valence-electron chi connectivity index (χ4n) is 4.82. The van der Waals surface area contributed by atoms with Crippen LogP contribution in [0, 0.1) is 13.8 Å². The van der Waals surface area contributed by atoms with E-state index < -0.39 is 15.6 Å².